The van der Waals surface area contributed by atoms with Gasteiger partial charge in [-0.05, 0) is 30.7 Å². The standard InChI is InChI=1S/C23H26F3N3O2/c1-17-4-2-6-19(14-17)22(31)27-9-8-21(30)29-12-10-28(11-13-29)16-18-5-3-7-20(15-18)23(24,25)26/h2-7,14-15H,8-13,16H2,1H3,(H,27,31). The molecule has 1 heterocycles. The molecule has 1 aliphatic heterocycles. The van der Waals surface area contributed by atoms with Gasteiger partial charge in [-0.25, -0.2) is 0 Å². The summed E-state index contributed by atoms with van der Waals surface area (Å²) in [4.78, 5) is 28.3. The Morgan fingerprint density at radius 1 is 1.00 bits per heavy atom. The van der Waals surface area contributed by atoms with Gasteiger partial charge in [-0.15, -0.1) is 0 Å². The van der Waals surface area contributed by atoms with Crippen molar-refractivity contribution in [3.8, 4) is 0 Å². The average Bonchev–Trinajstić information content (AvgIpc) is 2.73. The van der Waals surface area contributed by atoms with Crippen LogP contribution in [0.15, 0.2) is 48.5 Å². The molecule has 0 bridgehead atoms. The number of amides is 2. The molecular weight excluding hydrogens is 407 g/mol. The first kappa shape index (κ1) is 22.8. The number of benzene rings is 2. The van der Waals surface area contributed by atoms with E-state index in [9.17, 15) is 22.8 Å². The molecule has 1 fully saturated rings. The molecule has 2 amide bonds. The second-order valence-electron chi connectivity index (χ2n) is 7.73. The van der Waals surface area contributed by atoms with E-state index in [1.54, 1.807) is 23.1 Å². The Balaban J connectivity index is 1.41. The molecule has 1 N–H and O–H groups in total. The number of piperazine rings is 1. The number of carbonyl (C=O) groups excluding carboxylic acids is 2. The van der Waals surface area contributed by atoms with E-state index in [4.69, 9.17) is 0 Å². The van der Waals surface area contributed by atoms with Crippen molar-refractivity contribution in [2.24, 2.45) is 0 Å². The molecule has 0 aromatic heterocycles. The van der Waals surface area contributed by atoms with Crippen LogP contribution in [0.2, 0.25) is 0 Å². The minimum Gasteiger partial charge on any atom is -0.352 e. The summed E-state index contributed by atoms with van der Waals surface area (Å²) in [5, 5.41) is 2.77. The van der Waals surface area contributed by atoms with Crippen LogP contribution >= 0.6 is 0 Å². The summed E-state index contributed by atoms with van der Waals surface area (Å²) >= 11 is 0. The average molecular weight is 433 g/mol. The number of hydrogen-bond donors (Lipinski definition) is 1. The third-order valence-electron chi connectivity index (χ3n) is 5.29. The molecule has 5 nitrogen and oxygen atoms in total. The normalized spacial score (nSPS) is 15.0. The highest BCUT2D eigenvalue weighted by Crippen LogP contribution is 2.29. The Bertz CT molecular complexity index is 922. The van der Waals surface area contributed by atoms with Crippen LogP contribution in [-0.4, -0.2) is 54.3 Å². The van der Waals surface area contributed by atoms with Crippen LogP contribution in [0.1, 0.15) is 33.5 Å². The maximum absolute atomic E-state index is 12.9. The molecule has 0 spiro atoms. The van der Waals surface area contributed by atoms with Gasteiger partial charge in [0.15, 0.2) is 0 Å². The molecular formula is C23H26F3N3O2. The van der Waals surface area contributed by atoms with E-state index >= 15 is 0 Å². The maximum Gasteiger partial charge on any atom is 0.416 e. The van der Waals surface area contributed by atoms with Crippen molar-refractivity contribution in [2.45, 2.75) is 26.1 Å². The molecule has 2 aromatic rings. The Kier molecular flexibility index (Phi) is 7.33. The van der Waals surface area contributed by atoms with Crippen molar-refractivity contribution in [1.82, 2.24) is 15.1 Å². The van der Waals surface area contributed by atoms with E-state index in [0.717, 1.165) is 11.6 Å². The van der Waals surface area contributed by atoms with Crippen LogP contribution in [0, 0.1) is 6.92 Å². The summed E-state index contributed by atoms with van der Waals surface area (Å²) < 4.78 is 38.6. The number of halogens is 3. The van der Waals surface area contributed by atoms with Crippen LogP contribution in [0.5, 0.6) is 0 Å². The van der Waals surface area contributed by atoms with Gasteiger partial charge in [0.25, 0.3) is 5.91 Å². The quantitative estimate of drug-likeness (QED) is 0.759. The van der Waals surface area contributed by atoms with Crippen molar-refractivity contribution in [1.29, 1.82) is 0 Å². The van der Waals surface area contributed by atoms with Crippen LogP contribution in [-0.2, 0) is 17.5 Å². The zero-order valence-corrected chi connectivity index (χ0v) is 17.4. The van der Waals surface area contributed by atoms with Gasteiger partial charge >= 0.3 is 6.18 Å². The summed E-state index contributed by atoms with van der Waals surface area (Å²) in [7, 11) is 0. The van der Waals surface area contributed by atoms with Crippen LogP contribution in [0.3, 0.4) is 0 Å². The summed E-state index contributed by atoms with van der Waals surface area (Å²) in [6, 6.07) is 12.6. The van der Waals surface area contributed by atoms with Gasteiger partial charge in [-0.1, -0.05) is 35.9 Å². The molecule has 2 aromatic carbocycles. The minimum absolute atomic E-state index is 0.0386. The number of rotatable bonds is 6. The molecule has 0 radical (unpaired) electrons. The molecule has 1 saturated heterocycles. The van der Waals surface area contributed by atoms with E-state index in [2.05, 4.69) is 5.32 Å². The van der Waals surface area contributed by atoms with Gasteiger partial charge in [-0.2, -0.15) is 13.2 Å². The molecule has 1 aliphatic rings. The van der Waals surface area contributed by atoms with E-state index in [1.807, 2.05) is 24.0 Å². The largest absolute Gasteiger partial charge is 0.416 e. The highest BCUT2D eigenvalue weighted by molar-refractivity contribution is 5.94. The zero-order valence-electron chi connectivity index (χ0n) is 17.4. The number of nitrogens with zero attached hydrogens (tertiary/aromatic N) is 2. The predicted octanol–water partition coefficient (Wildman–Crippen LogP) is 3.48. The zero-order chi connectivity index (χ0) is 22.4. The molecule has 3 rings (SSSR count). The lowest BCUT2D eigenvalue weighted by Crippen LogP contribution is -2.48. The van der Waals surface area contributed by atoms with E-state index in [1.165, 1.54) is 12.1 Å². The number of aryl methyl sites for hydroxylation is 1. The lowest BCUT2D eigenvalue weighted by Gasteiger charge is -2.35. The second-order valence-corrected chi connectivity index (χ2v) is 7.73. The van der Waals surface area contributed by atoms with Crippen molar-refractivity contribution < 1.29 is 22.8 Å². The van der Waals surface area contributed by atoms with Crippen molar-refractivity contribution in [3.05, 3.63) is 70.8 Å². The third kappa shape index (κ3) is 6.55. The fraction of sp³-hybridized carbons (Fsp3) is 0.391. The van der Waals surface area contributed by atoms with Gasteiger partial charge in [0, 0.05) is 51.3 Å². The van der Waals surface area contributed by atoms with Gasteiger partial charge in [0.1, 0.15) is 0 Å². The van der Waals surface area contributed by atoms with Crippen molar-refractivity contribution in [3.63, 3.8) is 0 Å². The van der Waals surface area contributed by atoms with Crippen LogP contribution in [0.4, 0.5) is 13.2 Å². The topological polar surface area (TPSA) is 52.7 Å². The number of nitrogens with one attached hydrogen (secondary N) is 1. The molecule has 166 valence electrons. The van der Waals surface area contributed by atoms with E-state index < -0.39 is 11.7 Å². The number of hydrogen-bond acceptors (Lipinski definition) is 3. The van der Waals surface area contributed by atoms with Crippen molar-refractivity contribution in [2.75, 3.05) is 32.7 Å². The first-order valence-electron chi connectivity index (χ1n) is 10.2. The van der Waals surface area contributed by atoms with Gasteiger partial charge < -0.3 is 10.2 Å². The monoisotopic (exact) mass is 433 g/mol. The summed E-state index contributed by atoms with van der Waals surface area (Å²) in [6.45, 7) is 4.81. The fourth-order valence-corrected chi connectivity index (χ4v) is 3.59. The van der Waals surface area contributed by atoms with Crippen molar-refractivity contribution >= 4 is 11.8 Å². The second kappa shape index (κ2) is 9.96. The summed E-state index contributed by atoms with van der Waals surface area (Å²) in [5.41, 5.74) is 1.52. The Hall–Kier alpha value is -2.87. The van der Waals surface area contributed by atoms with Gasteiger partial charge in [0.05, 0.1) is 5.56 Å². The molecule has 31 heavy (non-hydrogen) atoms. The summed E-state index contributed by atoms with van der Waals surface area (Å²) in [5.74, 6) is -0.245. The van der Waals surface area contributed by atoms with Gasteiger partial charge in [-0.3, -0.25) is 14.5 Å². The maximum atomic E-state index is 12.9. The van der Waals surface area contributed by atoms with E-state index in [0.29, 0.717) is 43.9 Å². The highest BCUT2D eigenvalue weighted by Gasteiger charge is 2.30. The highest BCUT2D eigenvalue weighted by atomic mass is 19.4. The predicted molar refractivity (Wildman–Crippen MR) is 111 cm³/mol. The van der Waals surface area contributed by atoms with Crippen LogP contribution < -0.4 is 5.32 Å². The summed E-state index contributed by atoms with van der Waals surface area (Å²) in [6.07, 6.45) is -4.14. The fourth-order valence-electron chi connectivity index (χ4n) is 3.59. The Labute approximate surface area is 179 Å². The smallest absolute Gasteiger partial charge is 0.352 e. The van der Waals surface area contributed by atoms with Crippen LogP contribution in [0.25, 0.3) is 0 Å². The number of alkyl halides is 3. The van der Waals surface area contributed by atoms with Gasteiger partial charge in [0.2, 0.25) is 5.91 Å². The first-order valence-corrected chi connectivity index (χ1v) is 10.2. The molecule has 0 aliphatic carbocycles. The minimum atomic E-state index is -4.35. The number of carbonyl (C=O) groups is 2. The first-order chi connectivity index (χ1) is 14.7. The molecule has 8 heteroatoms. The molecule has 0 atom stereocenters. The SMILES string of the molecule is Cc1cccc(C(=O)NCCC(=O)N2CCN(Cc3cccc(C(F)(F)F)c3)CC2)c1. The van der Waals surface area contributed by atoms with E-state index in [-0.39, 0.29) is 24.8 Å². The third-order valence-corrected chi connectivity index (χ3v) is 5.29. The molecule has 0 saturated carbocycles. The Morgan fingerprint density at radius 2 is 1.71 bits per heavy atom. The molecule has 0 unspecified atom stereocenters. The lowest BCUT2D eigenvalue weighted by atomic mass is 10.1. The lowest BCUT2D eigenvalue weighted by molar-refractivity contribution is -0.137. The Morgan fingerprint density at radius 3 is 2.39 bits per heavy atom.